The van der Waals surface area contributed by atoms with E-state index in [4.69, 9.17) is 10.1 Å². The van der Waals surface area contributed by atoms with Gasteiger partial charge in [-0.05, 0) is 0 Å². The number of hydrogen-bond donors (Lipinski definition) is 1. The number of hydrogen-bond acceptors (Lipinski definition) is 2. The molecule has 0 radical (unpaired) electrons. The fourth-order valence-electron chi connectivity index (χ4n) is 0. The molecule has 5 heteroatoms. The van der Waals surface area contributed by atoms with Crippen molar-refractivity contribution in [1.29, 1.82) is 0 Å². The lowest BCUT2D eigenvalue weighted by Gasteiger charge is -1.63. The molecule has 0 rings (SSSR count). The van der Waals surface area contributed by atoms with Crippen LogP contribution in [0.5, 0.6) is 0 Å². The van der Waals surface area contributed by atoms with E-state index in [1.807, 2.05) is 0 Å². The van der Waals surface area contributed by atoms with Gasteiger partial charge < -0.3 is 0 Å². The van der Waals surface area contributed by atoms with Crippen LogP contribution in [0.1, 0.15) is 0 Å². The largest absolute Gasteiger partial charge is 0.477 e. The van der Waals surface area contributed by atoms with E-state index in [0.717, 1.165) is 0 Å². The van der Waals surface area contributed by atoms with Gasteiger partial charge in [0.2, 0.25) is 0 Å². The summed E-state index contributed by atoms with van der Waals surface area (Å²) in [5.41, 5.74) is 0. The SMILES string of the molecule is O=[N+](O)OP. The quantitative estimate of drug-likeness (QED) is 0.365. The molecule has 1 N–H and O–H groups in total. The molecule has 0 saturated carbocycles. The van der Waals surface area contributed by atoms with Gasteiger partial charge in [-0.25, -0.2) is 5.21 Å². The van der Waals surface area contributed by atoms with Crippen molar-refractivity contribution in [2.24, 2.45) is 0 Å². The molecule has 30 valence electrons. The third-order valence-electron chi connectivity index (χ3n) is 0.0902. The van der Waals surface area contributed by atoms with Gasteiger partial charge in [0.15, 0.2) is 9.47 Å². The van der Waals surface area contributed by atoms with Gasteiger partial charge in [-0.2, -0.15) is 4.62 Å². The number of nitrogens with zero attached hydrogens (tertiary/aromatic N) is 1. The third kappa shape index (κ3) is 3.63. The van der Waals surface area contributed by atoms with Crippen molar-refractivity contribution in [2.75, 3.05) is 0 Å². The minimum atomic E-state index is -0.662. The van der Waals surface area contributed by atoms with Gasteiger partial charge >= 0.3 is 5.09 Å². The molecule has 0 aromatic carbocycles. The zero-order valence-electron chi connectivity index (χ0n) is 2.29. The maximum atomic E-state index is 9.04. The molecular weight excluding hydrogens is 93.0 g/mol. The van der Waals surface area contributed by atoms with Gasteiger partial charge in [0.25, 0.3) is 0 Å². The topological polar surface area (TPSA) is 49.5 Å². The molecule has 4 nitrogen and oxygen atoms in total. The molecule has 0 heterocycles. The molecule has 0 bridgehead atoms. The first-order valence-electron chi connectivity index (χ1n) is 0.801. The van der Waals surface area contributed by atoms with Crippen LogP contribution in [0.25, 0.3) is 0 Å². The zero-order valence-corrected chi connectivity index (χ0v) is 3.44. The van der Waals surface area contributed by atoms with E-state index in [1.54, 1.807) is 9.47 Å². The van der Waals surface area contributed by atoms with E-state index in [-0.39, 0.29) is 0 Å². The summed E-state index contributed by atoms with van der Waals surface area (Å²) in [7, 11) is 1.56. The van der Waals surface area contributed by atoms with Crippen molar-refractivity contribution in [3.63, 3.8) is 0 Å². The highest BCUT2D eigenvalue weighted by Gasteiger charge is 1.90. The Bertz CT molecular complexity index is 42.2. The summed E-state index contributed by atoms with van der Waals surface area (Å²) in [5, 5.41) is 6.73. The van der Waals surface area contributed by atoms with Gasteiger partial charge in [-0.15, -0.1) is 0 Å². The molecule has 0 aliphatic heterocycles. The van der Waals surface area contributed by atoms with Gasteiger partial charge in [0.05, 0.1) is 0 Å². The third-order valence-corrected chi connectivity index (χ3v) is 0.271. The average Bonchev–Trinajstić information content (AvgIpc) is 1.38. The molecule has 1 unspecified atom stereocenters. The lowest BCUT2D eigenvalue weighted by atomic mass is 13.1. The monoisotopic (exact) mass is 96.0 g/mol. The zero-order chi connectivity index (χ0) is 4.28. The Labute approximate surface area is 30.5 Å². The maximum Gasteiger partial charge on any atom is 0.477 e. The summed E-state index contributed by atoms with van der Waals surface area (Å²) in [4.78, 5) is 9.04. The predicted octanol–water partition coefficient (Wildman–Crippen LogP) is -0.124. The smallest absolute Gasteiger partial charge is 0.200 e. The van der Waals surface area contributed by atoms with Crippen LogP contribution in [0.15, 0.2) is 0 Å². The molecule has 0 amide bonds. The molecule has 0 aromatic heterocycles. The molecule has 0 saturated heterocycles. The Morgan fingerprint density at radius 1 is 2.00 bits per heavy atom. The molecular formula is H3NO3P+. The molecule has 0 aliphatic carbocycles. The van der Waals surface area contributed by atoms with Crippen molar-refractivity contribution in [3.05, 3.63) is 4.91 Å². The maximum absolute atomic E-state index is 9.04. The highest BCUT2D eigenvalue weighted by atomic mass is 31.0. The second kappa shape index (κ2) is 1.91. The van der Waals surface area contributed by atoms with Gasteiger partial charge in [-0.1, -0.05) is 0 Å². The molecule has 5 heavy (non-hydrogen) atoms. The summed E-state index contributed by atoms with van der Waals surface area (Å²) in [6, 6.07) is 0. The van der Waals surface area contributed by atoms with Crippen LogP contribution in [0, 0.1) is 4.91 Å². The van der Waals surface area contributed by atoms with Gasteiger partial charge in [0.1, 0.15) is 4.91 Å². The summed E-state index contributed by atoms with van der Waals surface area (Å²) in [6.07, 6.45) is 0. The van der Waals surface area contributed by atoms with Crippen LogP contribution in [-0.2, 0) is 4.62 Å². The van der Waals surface area contributed by atoms with E-state index in [0.29, 0.717) is 0 Å². The Morgan fingerprint density at radius 3 is 2.20 bits per heavy atom. The molecule has 0 aromatic rings. The number of rotatable bonds is 1. The van der Waals surface area contributed by atoms with Crippen molar-refractivity contribution in [3.8, 4) is 0 Å². The van der Waals surface area contributed by atoms with Crippen LogP contribution < -0.4 is 0 Å². The van der Waals surface area contributed by atoms with Crippen LogP contribution in [0.2, 0.25) is 0 Å². The van der Waals surface area contributed by atoms with Crippen molar-refractivity contribution >= 4 is 9.47 Å². The second-order valence-corrected chi connectivity index (χ2v) is 0.554. The van der Waals surface area contributed by atoms with Crippen molar-refractivity contribution in [1.82, 2.24) is 0 Å². The van der Waals surface area contributed by atoms with Crippen LogP contribution in [-0.4, -0.2) is 10.3 Å². The van der Waals surface area contributed by atoms with E-state index < -0.39 is 5.09 Å². The van der Waals surface area contributed by atoms with E-state index in [2.05, 4.69) is 4.62 Å². The van der Waals surface area contributed by atoms with Crippen LogP contribution >= 0.6 is 9.47 Å². The first-order chi connectivity index (χ1) is 2.27. The summed E-state index contributed by atoms with van der Waals surface area (Å²) < 4.78 is 3.50. The molecule has 1 atom stereocenters. The molecule has 0 spiro atoms. The Hall–Kier alpha value is -0.370. The second-order valence-electron chi connectivity index (χ2n) is 0.343. The van der Waals surface area contributed by atoms with Crippen LogP contribution in [0.3, 0.4) is 0 Å². The van der Waals surface area contributed by atoms with E-state index >= 15 is 0 Å². The highest BCUT2D eigenvalue weighted by Crippen LogP contribution is 1.78. The Morgan fingerprint density at radius 2 is 2.20 bits per heavy atom. The minimum Gasteiger partial charge on any atom is -0.200 e. The lowest BCUT2D eigenvalue weighted by molar-refractivity contribution is -0.945. The summed E-state index contributed by atoms with van der Waals surface area (Å²) in [5.74, 6) is 0. The highest BCUT2D eigenvalue weighted by molar-refractivity contribution is 7.09. The van der Waals surface area contributed by atoms with Crippen molar-refractivity contribution < 1.29 is 14.9 Å². The Balaban J connectivity index is 2.85. The summed E-state index contributed by atoms with van der Waals surface area (Å²) in [6.45, 7) is 0. The molecule has 0 fully saturated rings. The van der Waals surface area contributed by atoms with E-state index in [1.165, 1.54) is 0 Å². The normalized spacial score (nSPS) is 6.60. The molecule has 0 aliphatic rings. The fraction of sp³-hybridized carbons (Fsp3) is 0. The van der Waals surface area contributed by atoms with E-state index in [9.17, 15) is 0 Å². The first-order valence-corrected chi connectivity index (χ1v) is 1.27. The van der Waals surface area contributed by atoms with Crippen molar-refractivity contribution in [2.45, 2.75) is 0 Å². The standard InChI is InChI=1S/H3NO3P/c2-1(3)4-5/h5H2,(H,2,3)/q+1. The minimum absolute atomic E-state index is 0.662. The summed E-state index contributed by atoms with van der Waals surface area (Å²) >= 11 is 0. The lowest BCUT2D eigenvalue weighted by Crippen LogP contribution is -1.90. The van der Waals surface area contributed by atoms with Gasteiger partial charge in [-0.3, -0.25) is 0 Å². The average molecular weight is 96.0 g/mol. The first kappa shape index (κ1) is 4.63. The Kier molecular flexibility index (Phi) is 1.76. The van der Waals surface area contributed by atoms with Crippen LogP contribution in [0.4, 0.5) is 0 Å². The van der Waals surface area contributed by atoms with Gasteiger partial charge in [0, 0.05) is 0 Å². The predicted molar refractivity (Wildman–Crippen MR) is 16.2 cm³/mol. The fourth-order valence-corrected chi connectivity index (χ4v) is 0.